The molecule has 0 radical (unpaired) electrons. The predicted octanol–water partition coefficient (Wildman–Crippen LogP) is 1.51. The zero-order valence-electron chi connectivity index (χ0n) is 16.3. The van der Waals surface area contributed by atoms with Crippen molar-refractivity contribution in [3.8, 4) is 5.75 Å². The minimum atomic E-state index is -0.125. The molecular weight excluding hydrogens is 370 g/mol. The van der Waals surface area contributed by atoms with E-state index in [2.05, 4.69) is 4.90 Å². The number of hydrogen-bond acceptors (Lipinski definition) is 5. The molecule has 1 amide bonds. The normalized spacial score (nSPS) is 23.2. The third kappa shape index (κ3) is 3.15. The van der Waals surface area contributed by atoms with Gasteiger partial charge in [0.05, 0.1) is 12.2 Å². The number of carbonyl (C=O) groups is 2. The number of Topliss-reactive ketones (excluding diaryl/α,β-unsaturated/α-hetero) is 1. The van der Waals surface area contributed by atoms with Crippen LogP contribution in [0.4, 0.5) is 5.69 Å². The van der Waals surface area contributed by atoms with Crippen LogP contribution in [0.5, 0.6) is 5.75 Å². The maximum atomic E-state index is 13.0. The molecule has 0 unspecified atom stereocenters. The molecule has 0 aliphatic carbocycles. The standard InChI is InChI=1S/C22H23N3O4/c1-23-18-8-15(5-6-20(18)29-13-22(23)28)19(26)12-24-9-14-7-16(11-24)17-3-2-4-21(27)25(17)10-14/h2-6,8,14,16H,7,9-13H2,1H3/t14-,16+/m1/s1. The molecule has 0 N–H and O–H groups in total. The number of likely N-dealkylation sites (tertiary alicyclic amines) is 1. The van der Waals surface area contributed by atoms with Crippen molar-refractivity contribution in [1.29, 1.82) is 0 Å². The van der Waals surface area contributed by atoms with E-state index in [-0.39, 0.29) is 29.8 Å². The first kappa shape index (κ1) is 18.1. The molecular formula is C22H23N3O4. The highest BCUT2D eigenvalue weighted by molar-refractivity contribution is 6.02. The fourth-order valence-electron chi connectivity index (χ4n) is 4.86. The minimum absolute atomic E-state index is 0.0257. The fourth-order valence-corrected chi connectivity index (χ4v) is 4.86. The number of carbonyl (C=O) groups excluding carboxylic acids is 2. The van der Waals surface area contributed by atoms with Gasteiger partial charge in [-0.1, -0.05) is 6.07 Å². The van der Waals surface area contributed by atoms with Gasteiger partial charge in [0.1, 0.15) is 5.75 Å². The average molecular weight is 393 g/mol. The van der Waals surface area contributed by atoms with E-state index >= 15 is 0 Å². The zero-order valence-corrected chi connectivity index (χ0v) is 16.3. The van der Waals surface area contributed by atoms with Crippen LogP contribution in [0.25, 0.3) is 0 Å². The number of nitrogens with zero attached hydrogens (tertiary/aromatic N) is 3. The minimum Gasteiger partial charge on any atom is -0.482 e. The van der Waals surface area contributed by atoms with Gasteiger partial charge in [0.15, 0.2) is 12.4 Å². The summed E-state index contributed by atoms with van der Waals surface area (Å²) in [6.45, 7) is 2.67. The van der Waals surface area contributed by atoms with Crippen LogP contribution in [0, 0.1) is 5.92 Å². The lowest BCUT2D eigenvalue weighted by Crippen LogP contribution is -2.48. The molecule has 2 aromatic rings. The summed E-state index contributed by atoms with van der Waals surface area (Å²) in [7, 11) is 1.70. The molecule has 0 saturated carbocycles. The van der Waals surface area contributed by atoms with Crippen molar-refractivity contribution in [2.24, 2.45) is 5.92 Å². The van der Waals surface area contributed by atoms with E-state index in [1.54, 1.807) is 31.3 Å². The molecule has 1 fully saturated rings. The van der Waals surface area contributed by atoms with Gasteiger partial charge in [-0.15, -0.1) is 0 Å². The van der Waals surface area contributed by atoms with Crippen molar-refractivity contribution in [3.63, 3.8) is 0 Å². The van der Waals surface area contributed by atoms with E-state index in [0.29, 0.717) is 29.5 Å². The number of ketones is 1. The molecule has 29 heavy (non-hydrogen) atoms. The Balaban J connectivity index is 1.34. The lowest BCUT2D eigenvalue weighted by atomic mass is 9.83. The number of benzene rings is 1. The van der Waals surface area contributed by atoms with Crippen LogP contribution >= 0.6 is 0 Å². The lowest BCUT2D eigenvalue weighted by molar-refractivity contribution is -0.120. The lowest BCUT2D eigenvalue weighted by Gasteiger charge is -2.42. The molecule has 0 spiro atoms. The SMILES string of the molecule is CN1C(=O)COc2ccc(C(=O)CN3C[C@H]4C[C@@H](C3)c3cccc(=O)n3C4)cc21. The number of aromatic nitrogens is 1. The number of ether oxygens (including phenoxy) is 1. The van der Waals surface area contributed by atoms with Crippen molar-refractivity contribution >= 4 is 17.4 Å². The van der Waals surface area contributed by atoms with E-state index in [9.17, 15) is 14.4 Å². The highest BCUT2D eigenvalue weighted by Crippen LogP contribution is 2.35. The number of fused-ring (bicyclic) bond motifs is 5. The molecule has 2 bridgehead atoms. The van der Waals surface area contributed by atoms with Crippen molar-refractivity contribution in [2.45, 2.75) is 18.9 Å². The molecule has 1 saturated heterocycles. The summed E-state index contributed by atoms with van der Waals surface area (Å²) in [5.74, 6) is 1.20. The Morgan fingerprint density at radius 2 is 2.00 bits per heavy atom. The first-order chi connectivity index (χ1) is 14.0. The van der Waals surface area contributed by atoms with Crippen LogP contribution in [-0.2, 0) is 11.3 Å². The third-order valence-corrected chi connectivity index (χ3v) is 6.29. The Morgan fingerprint density at radius 3 is 2.86 bits per heavy atom. The summed E-state index contributed by atoms with van der Waals surface area (Å²) < 4.78 is 7.34. The van der Waals surface area contributed by atoms with Gasteiger partial charge in [0.2, 0.25) is 0 Å². The summed E-state index contributed by atoms with van der Waals surface area (Å²) in [6.07, 6.45) is 1.07. The summed E-state index contributed by atoms with van der Waals surface area (Å²) >= 11 is 0. The monoisotopic (exact) mass is 393 g/mol. The summed E-state index contributed by atoms with van der Waals surface area (Å²) in [5.41, 5.74) is 2.37. The second kappa shape index (κ2) is 6.84. The predicted molar refractivity (Wildman–Crippen MR) is 108 cm³/mol. The number of pyridine rings is 1. The molecule has 4 heterocycles. The van der Waals surface area contributed by atoms with Gasteiger partial charge in [0, 0.05) is 49.9 Å². The van der Waals surface area contributed by atoms with Gasteiger partial charge in [-0.2, -0.15) is 0 Å². The number of likely N-dealkylation sites (N-methyl/N-ethyl adjacent to an activating group) is 1. The average Bonchev–Trinajstić information content (AvgIpc) is 2.71. The molecule has 3 aliphatic heterocycles. The molecule has 7 heteroatoms. The van der Waals surface area contributed by atoms with Crippen molar-refractivity contribution in [1.82, 2.24) is 9.47 Å². The Morgan fingerprint density at radius 1 is 1.14 bits per heavy atom. The largest absolute Gasteiger partial charge is 0.482 e. The molecule has 150 valence electrons. The first-order valence-corrected chi connectivity index (χ1v) is 9.98. The quantitative estimate of drug-likeness (QED) is 0.739. The van der Waals surface area contributed by atoms with Crippen LogP contribution in [0.2, 0.25) is 0 Å². The van der Waals surface area contributed by atoms with Gasteiger partial charge in [-0.05, 0) is 36.6 Å². The van der Waals surface area contributed by atoms with Crippen molar-refractivity contribution in [3.05, 3.63) is 58.0 Å². The van der Waals surface area contributed by atoms with Gasteiger partial charge in [0.25, 0.3) is 11.5 Å². The van der Waals surface area contributed by atoms with Gasteiger partial charge in [-0.25, -0.2) is 0 Å². The number of piperidine rings is 1. The molecule has 3 aliphatic rings. The summed E-state index contributed by atoms with van der Waals surface area (Å²) in [6, 6.07) is 10.8. The number of rotatable bonds is 3. The molecule has 5 rings (SSSR count). The number of hydrogen-bond donors (Lipinski definition) is 0. The van der Waals surface area contributed by atoms with E-state index in [0.717, 1.165) is 31.7 Å². The van der Waals surface area contributed by atoms with Crippen LogP contribution in [0.3, 0.4) is 0 Å². The molecule has 1 aromatic carbocycles. The van der Waals surface area contributed by atoms with Crippen LogP contribution in [0.1, 0.15) is 28.4 Å². The Hall–Kier alpha value is -2.93. The number of amides is 1. The Labute approximate surface area is 168 Å². The Bertz CT molecular complexity index is 1060. The van der Waals surface area contributed by atoms with Crippen LogP contribution < -0.4 is 15.2 Å². The van der Waals surface area contributed by atoms with E-state index < -0.39 is 0 Å². The fraction of sp³-hybridized carbons (Fsp3) is 0.409. The third-order valence-electron chi connectivity index (χ3n) is 6.29. The number of anilines is 1. The van der Waals surface area contributed by atoms with Crippen LogP contribution in [-0.4, -0.2) is 54.4 Å². The van der Waals surface area contributed by atoms with Gasteiger partial charge >= 0.3 is 0 Å². The van der Waals surface area contributed by atoms with Gasteiger partial charge in [-0.3, -0.25) is 19.3 Å². The molecule has 2 atom stereocenters. The highest BCUT2D eigenvalue weighted by atomic mass is 16.5. The van der Waals surface area contributed by atoms with E-state index in [1.807, 2.05) is 16.7 Å². The van der Waals surface area contributed by atoms with Crippen molar-refractivity contribution in [2.75, 3.05) is 38.2 Å². The van der Waals surface area contributed by atoms with Crippen LogP contribution in [0.15, 0.2) is 41.2 Å². The van der Waals surface area contributed by atoms with Crippen molar-refractivity contribution < 1.29 is 14.3 Å². The first-order valence-electron chi connectivity index (χ1n) is 9.98. The van der Waals surface area contributed by atoms with E-state index in [1.165, 1.54) is 4.90 Å². The maximum Gasteiger partial charge on any atom is 0.264 e. The highest BCUT2D eigenvalue weighted by Gasteiger charge is 2.35. The summed E-state index contributed by atoms with van der Waals surface area (Å²) in [4.78, 5) is 40.7. The second-order valence-corrected chi connectivity index (χ2v) is 8.24. The zero-order chi connectivity index (χ0) is 20.1. The summed E-state index contributed by atoms with van der Waals surface area (Å²) in [5, 5.41) is 0. The molecule has 7 nitrogen and oxygen atoms in total. The second-order valence-electron chi connectivity index (χ2n) is 8.24. The smallest absolute Gasteiger partial charge is 0.264 e. The molecule has 1 aromatic heterocycles. The van der Waals surface area contributed by atoms with Gasteiger partial charge < -0.3 is 14.2 Å². The Kier molecular flexibility index (Phi) is 4.28. The topological polar surface area (TPSA) is 71.8 Å². The van der Waals surface area contributed by atoms with E-state index in [4.69, 9.17) is 4.74 Å². The maximum absolute atomic E-state index is 13.0.